The number of aromatic nitrogens is 2. The molecule has 0 aliphatic carbocycles. The van der Waals surface area contributed by atoms with Gasteiger partial charge in [0.25, 0.3) is 0 Å². The van der Waals surface area contributed by atoms with Crippen LogP contribution in [-0.2, 0) is 18.4 Å². The number of carbonyl (C=O) groups excluding carboxylic acids is 1. The molecule has 124 valence electrons. The summed E-state index contributed by atoms with van der Waals surface area (Å²) in [4.78, 5) is 24.6. The van der Waals surface area contributed by atoms with Gasteiger partial charge in [0, 0.05) is 20.0 Å². The molecule has 0 radical (unpaired) electrons. The number of benzene rings is 2. The second-order valence-electron chi connectivity index (χ2n) is 5.93. The van der Waals surface area contributed by atoms with E-state index in [4.69, 9.17) is 0 Å². The zero-order valence-electron chi connectivity index (χ0n) is 13.9. The number of rotatable bonds is 5. The second kappa shape index (κ2) is 6.74. The van der Waals surface area contributed by atoms with E-state index in [1.54, 1.807) is 16.2 Å². The summed E-state index contributed by atoms with van der Waals surface area (Å²) in [5, 5.41) is 2.98. The van der Waals surface area contributed by atoms with Gasteiger partial charge in [0.05, 0.1) is 17.1 Å². The fourth-order valence-electron chi connectivity index (χ4n) is 2.93. The average molecular weight is 323 g/mol. The molecule has 1 heterocycles. The van der Waals surface area contributed by atoms with Crippen LogP contribution in [-0.4, -0.2) is 15.0 Å². The summed E-state index contributed by atoms with van der Waals surface area (Å²) >= 11 is 0. The Balaban J connectivity index is 1.69. The van der Waals surface area contributed by atoms with Crippen LogP contribution in [0.2, 0.25) is 0 Å². The summed E-state index contributed by atoms with van der Waals surface area (Å²) in [6.45, 7) is 2.32. The van der Waals surface area contributed by atoms with Crippen LogP contribution in [0.4, 0.5) is 0 Å². The molecule has 1 atom stereocenters. The third kappa shape index (κ3) is 3.11. The maximum absolute atomic E-state index is 12.3. The molecule has 0 aliphatic heterocycles. The van der Waals surface area contributed by atoms with Crippen LogP contribution in [0.25, 0.3) is 11.0 Å². The first-order valence-electron chi connectivity index (χ1n) is 8.06. The number of imidazole rings is 1. The molecule has 0 fully saturated rings. The monoisotopic (exact) mass is 323 g/mol. The van der Waals surface area contributed by atoms with Crippen molar-refractivity contribution in [1.82, 2.24) is 14.5 Å². The molecule has 1 amide bonds. The van der Waals surface area contributed by atoms with Gasteiger partial charge in [-0.3, -0.25) is 13.9 Å². The molecule has 3 aromatic rings. The second-order valence-corrected chi connectivity index (χ2v) is 5.93. The van der Waals surface area contributed by atoms with E-state index in [0.29, 0.717) is 6.54 Å². The number of aryl methyl sites for hydroxylation is 2. The fourth-order valence-corrected chi connectivity index (χ4v) is 2.93. The number of amides is 1. The van der Waals surface area contributed by atoms with Gasteiger partial charge in [-0.05, 0) is 24.6 Å². The lowest BCUT2D eigenvalue weighted by atomic mass is 10.1. The summed E-state index contributed by atoms with van der Waals surface area (Å²) in [5.41, 5.74) is 2.70. The van der Waals surface area contributed by atoms with Gasteiger partial charge in [-0.2, -0.15) is 0 Å². The van der Waals surface area contributed by atoms with Crippen LogP contribution in [0, 0.1) is 0 Å². The highest BCUT2D eigenvalue weighted by molar-refractivity contribution is 5.78. The van der Waals surface area contributed by atoms with E-state index in [1.165, 1.54) is 0 Å². The predicted molar refractivity (Wildman–Crippen MR) is 94.8 cm³/mol. The largest absolute Gasteiger partial charge is 0.350 e. The molecule has 5 nitrogen and oxygen atoms in total. The minimum atomic E-state index is -0.0971. The molecule has 0 aliphatic rings. The van der Waals surface area contributed by atoms with Gasteiger partial charge in [0.1, 0.15) is 0 Å². The summed E-state index contributed by atoms with van der Waals surface area (Å²) in [7, 11) is 1.75. The molecular weight excluding hydrogens is 302 g/mol. The molecule has 1 aromatic heterocycles. The van der Waals surface area contributed by atoms with E-state index in [2.05, 4.69) is 5.32 Å². The molecule has 2 aromatic carbocycles. The summed E-state index contributed by atoms with van der Waals surface area (Å²) < 4.78 is 3.27. The first-order valence-corrected chi connectivity index (χ1v) is 8.06. The number of hydrogen-bond acceptors (Lipinski definition) is 2. The number of hydrogen-bond donors (Lipinski definition) is 1. The number of para-hydroxylation sites is 2. The molecule has 24 heavy (non-hydrogen) atoms. The smallest absolute Gasteiger partial charge is 0.328 e. The molecule has 0 spiro atoms. The van der Waals surface area contributed by atoms with Crippen molar-refractivity contribution >= 4 is 16.9 Å². The zero-order chi connectivity index (χ0) is 17.1. The number of carbonyl (C=O) groups is 1. The Morgan fingerprint density at radius 1 is 1.04 bits per heavy atom. The molecule has 1 unspecified atom stereocenters. The Morgan fingerprint density at radius 2 is 1.67 bits per heavy atom. The van der Waals surface area contributed by atoms with Crippen LogP contribution in [0.1, 0.15) is 24.9 Å². The Morgan fingerprint density at radius 3 is 2.38 bits per heavy atom. The standard InChI is InChI=1S/C19H21N3O2/c1-14(15-8-4-3-5-9-15)20-18(23)12-13-22-17-11-7-6-10-16(17)21(2)19(22)24/h3-11,14H,12-13H2,1-2H3,(H,20,23). The molecule has 0 saturated heterocycles. The third-order valence-corrected chi connectivity index (χ3v) is 4.29. The lowest BCUT2D eigenvalue weighted by Gasteiger charge is -2.14. The minimum Gasteiger partial charge on any atom is -0.350 e. The van der Waals surface area contributed by atoms with E-state index >= 15 is 0 Å². The van der Waals surface area contributed by atoms with Gasteiger partial charge in [-0.25, -0.2) is 4.79 Å². The van der Waals surface area contributed by atoms with Crippen molar-refractivity contribution in [3.8, 4) is 0 Å². The summed E-state index contributed by atoms with van der Waals surface area (Å²) in [6, 6.07) is 17.4. The van der Waals surface area contributed by atoms with Crippen molar-refractivity contribution < 1.29 is 4.79 Å². The van der Waals surface area contributed by atoms with E-state index in [-0.39, 0.29) is 24.1 Å². The minimum absolute atomic E-state index is 0.0528. The maximum atomic E-state index is 12.3. The normalized spacial score (nSPS) is 12.2. The Kier molecular flexibility index (Phi) is 4.51. The van der Waals surface area contributed by atoms with Crippen molar-refractivity contribution in [2.45, 2.75) is 25.9 Å². The predicted octanol–water partition coefficient (Wildman–Crippen LogP) is 2.61. The molecule has 5 heteroatoms. The van der Waals surface area contributed by atoms with Gasteiger partial charge in [0.2, 0.25) is 5.91 Å². The lowest BCUT2D eigenvalue weighted by molar-refractivity contribution is -0.121. The van der Waals surface area contributed by atoms with Crippen molar-refractivity contribution in [1.29, 1.82) is 0 Å². The first kappa shape index (κ1) is 16.1. The fraction of sp³-hybridized carbons (Fsp3) is 0.263. The van der Waals surface area contributed by atoms with E-state index in [9.17, 15) is 9.59 Å². The number of fused-ring (bicyclic) bond motifs is 1. The highest BCUT2D eigenvalue weighted by atomic mass is 16.2. The maximum Gasteiger partial charge on any atom is 0.328 e. The molecular formula is C19H21N3O2. The van der Waals surface area contributed by atoms with Gasteiger partial charge in [0.15, 0.2) is 0 Å². The lowest BCUT2D eigenvalue weighted by Crippen LogP contribution is -2.29. The van der Waals surface area contributed by atoms with Crippen LogP contribution in [0.3, 0.4) is 0 Å². The van der Waals surface area contributed by atoms with E-state index < -0.39 is 0 Å². The van der Waals surface area contributed by atoms with Crippen molar-refractivity contribution in [3.63, 3.8) is 0 Å². The van der Waals surface area contributed by atoms with Gasteiger partial charge >= 0.3 is 5.69 Å². The molecule has 3 rings (SSSR count). The Hall–Kier alpha value is -2.82. The summed E-state index contributed by atoms with van der Waals surface area (Å²) in [6.07, 6.45) is 0.269. The summed E-state index contributed by atoms with van der Waals surface area (Å²) in [5.74, 6) is -0.0637. The van der Waals surface area contributed by atoms with Crippen LogP contribution >= 0.6 is 0 Å². The quantitative estimate of drug-likeness (QED) is 0.785. The van der Waals surface area contributed by atoms with E-state index in [1.807, 2.05) is 61.5 Å². The topological polar surface area (TPSA) is 56.0 Å². The number of nitrogens with zero attached hydrogens (tertiary/aromatic N) is 2. The van der Waals surface area contributed by atoms with Gasteiger partial charge < -0.3 is 5.32 Å². The molecule has 1 N–H and O–H groups in total. The molecule has 0 bridgehead atoms. The van der Waals surface area contributed by atoms with Crippen molar-refractivity contribution in [3.05, 3.63) is 70.6 Å². The van der Waals surface area contributed by atoms with Crippen molar-refractivity contribution in [2.75, 3.05) is 0 Å². The molecule has 0 saturated carbocycles. The Bertz CT molecular complexity index is 909. The zero-order valence-corrected chi connectivity index (χ0v) is 13.9. The highest BCUT2D eigenvalue weighted by Crippen LogP contribution is 2.13. The highest BCUT2D eigenvalue weighted by Gasteiger charge is 2.13. The Labute approximate surface area is 140 Å². The number of nitrogens with one attached hydrogen (secondary N) is 1. The van der Waals surface area contributed by atoms with Crippen LogP contribution in [0.15, 0.2) is 59.4 Å². The van der Waals surface area contributed by atoms with Gasteiger partial charge in [-0.1, -0.05) is 42.5 Å². The SMILES string of the molecule is CC(NC(=O)CCn1c(=O)n(C)c2ccccc21)c1ccccc1. The average Bonchev–Trinajstić information content (AvgIpc) is 2.85. The van der Waals surface area contributed by atoms with Crippen LogP contribution in [0.5, 0.6) is 0 Å². The van der Waals surface area contributed by atoms with Crippen LogP contribution < -0.4 is 11.0 Å². The van der Waals surface area contributed by atoms with Gasteiger partial charge in [-0.15, -0.1) is 0 Å². The first-order chi connectivity index (χ1) is 11.6. The van der Waals surface area contributed by atoms with E-state index in [0.717, 1.165) is 16.6 Å². The van der Waals surface area contributed by atoms with Crippen molar-refractivity contribution in [2.24, 2.45) is 7.05 Å². The third-order valence-electron chi connectivity index (χ3n) is 4.29.